The molecule has 188 valence electrons. The number of rotatable bonds is 9. The molecule has 10 nitrogen and oxygen atoms in total. The maximum Gasteiger partial charge on any atom is 0.252 e. The fourth-order valence-electron chi connectivity index (χ4n) is 4.91. The maximum atomic E-state index is 13.1. The quantitative estimate of drug-likeness (QED) is 0.492. The summed E-state index contributed by atoms with van der Waals surface area (Å²) < 4.78 is 13.1. The Kier molecular flexibility index (Phi) is 7.52. The van der Waals surface area contributed by atoms with Gasteiger partial charge in [-0.15, -0.1) is 5.10 Å². The van der Waals surface area contributed by atoms with E-state index >= 15 is 0 Å². The van der Waals surface area contributed by atoms with Crippen molar-refractivity contribution in [2.75, 3.05) is 46.0 Å². The second kappa shape index (κ2) is 10.9. The van der Waals surface area contributed by atoms with Gasteiger partial charge in [-0.3, -0.25) is 14.6 Å². The minimum atomic E-state index is -0.0403. The average molecular weight is 482 g/mol. The number of hydrogen-bond donors (Lipinski definition) is 1. The van der Waals surface area contributed by atoms with Gasteiger partial charge >= 0.3 is 0 Å². The van der Waals surface area contributed by atoms with Crippen molar-refractivity contribution in [3.8, 4) is 0 Å². The van der Waals surface area contributed by atoms with E-state index in [0.717, 1.165) is 86.7 Å². The monoisotopic (exact) mass is 481 g/mol. The highest BCUT2D eigenvalue weighted by Crippen LogP contribution is 2.20. The maximum absolute atomic E-state index is 13.1. The smallest absolute Gasteiger partial charge is 0.252 e. The Balaban J connectivity index is 1.36. The summed E-state index contributed by atoms with van der Waals surface area (Å²) in [6, 6.07) is 6.21. The van der Waals surface area contributed by atoms with E-state index < -0.39 is 0 Å². The number of aryl methyl sites for hydroxylation is 2. The molecule has 1 unspecified atom stereocenters. The third kappa shape index (κ3) is 5.78. The molecule has 10 heteroatoms. The Labute approximate surface area is 205 Å². The largest absolute Gasteiger partial charge is 0.379 e. The van der Waals surface area contributed by atoms with Crippen molar-refractivity contribution in [2.24, 2.45) is 0 Å². The van der Waals surface area contributed by atoms with Gasteiger partial charge in [-0.2, -0.15) is 0 Å². The minimum absolute atomic E-state index is 0.0403. The number of tetrazole rings is 1. The third-order valence-electron chi connectivity index (χ3n) is 7.23. The molecule has 0 aliphatic carbocycles. The molecule has 2 fully saturated rings. The van der Waals surface area contributed by atoms with Crippen LogP contribution in [0.2, 0.25) is 0 Å². The molecule has 2 saturated heterocycles. The second-order valence-electron chi connectivity index (χ2n) is 9.67. The number of benzene rings is 1. The highest BCUT2D eigenvalue weighted by Gasteiger charge is 2.21. The van der Waals surface area contributed by atoms with Gasteiger partial charge in [0.25, 0.3) is 5.56 Å². The van der Waals surface area contributed by atoms with Gasteiger partial charge in [0.05, 0.1) is 37.9 Å². The number of fused-ring (bicyclic) bond motifs is 1. The van der Waals surface area contributed by atoms with Gasteiger partial charge < -0.3 is 14.5 Å². The van der Waals surface area contributed by atoms with Gasteiger partial charge in [-0.25, -0.2) is 4.68 Å². The molecule has 0 amide bonds. The van der Waals surface area contributed by atoms with Crippen molar-refractivity contribution >= 4 is 10.9 Å². The number of pyridine rings is 1. The molecule has 4 heterocycles. The van der Waals surface area contributed by atoms with Gasteiger partial charge in [-0.05, 0) is 59.7 Å². The summed E-state index contributed by atoms with van der Waals surface area (Å²) in [6.45, 7) is 11.8. The van der Waals surface area contributed by atoms with Gasteiger partial charge in [0, 0.05) is 44.9 Å². The number of nitrogens with zero attached hydrogens (tertiary/aromatic N) is 6. The van der Waals surface area contributed by atoms with Crippen LogP contribution in [0.15, 0.2) is 23.0 Å². The first kappa shape index (κ1) is 24.1. The highest BCUT2D eigenvalue weighted by atomic mass is 16.5. The van der Waals surface area contributed by atoms with Crippen molar-refractivity contribution in [3.63, 3.8) is 0 Å². The van der Waals surface area contributed by atoms with Crippen LogP contribution in [-0.4, -0.2) is 87.1 Å². The molecule has 3 aromatic rings. The Morgan fingerprint density at radius 3 is 2.83 bits per heavy atom. The van der Waals surface area contributed by atoms with Gasteiger partial charge in [0.1, 0.15) is 0 Å². The zero-order valence-electron chi connectivity index (χ0n) is 20.7. The lowest BCUT2D eigenvalue weighted by Crippen LogP contribution is -2.41. The van der Waals surface area contributed by atoms with Crippen molar-refractivity contribution in [1.29, 1.82) is 0 Å². The lowest BCUT2D eigenvalue weighted by atomic mass is 10.0. The minimum Gasteiger partial charge on any atom is -0.379 e. The number of nitrogens with one attached hydrogen (secondary N) is 1. The van der Waals surface area contributed by atoms with Crippen molar-refractivity contribution < 1.29 is 9.47 Å². The zero-order chi connectivity index (χ0) is 24.2. The van der Waals surface area contributed by atoms with Crippen LogP contribution in [0, 0.1) is 13.8 Å². The van der Waals surface area contributed by atoms with Crippen LogP contribution in [0.4, 0.5) is 0 Å². The van der Waals surface area contributed by atoms with Gasteiger partial charge in [0.15, 0.2) is 5.82 Å². The molecule has 1 N–H and O–H groups in total. The number of morpholine rings is 1. The summed E-state index contributed by atoms with van der Waals surface area (Å²) in [5.41, 5.74) is 3.91. The number of hydrogen-bond acceptors (Lipinski definition) is 8. The molecule has 0 saturated carbocycles. The van der Waals surface area contributed by atoms with Crippen LogP contribution in [0.5, 0.6) is 0 Å². The van der Waals surface area contributed by atoms with Crippen LogP contribution in [0.1, 0.15) is 35.4 Å². The van der Waals surface area contributed by atoms with E-state index in [-0.39, 0.29) is 11.7 Å². The van der Waals surface area contributed by atoms with Gasteiger partial charge in [-0.1, -0.05) is 12.1 Å². The van der Waals surface area contributed by atoms with Crippen LogP contribution in [-0.2, 0) is 29.1 Å². The molecule has 2 aliphatic heterocycles. The molecule has 35 heavy (non-hydrogen) atoms. The van der Waals surface area contributed by atoms with Crippen molar-refractivity contribution in [1.82, 2.24) is 35.0 Å². The third-order valence-corrected chi connectivity index (χ3v) is 7.23. The van der Waals surface area contributed by atoms with E-state index in [0.29, 0.717) is 19.6 Å². The molecular formula is C25H35N7O3. The Morgan fingerprint density at radius 2 is 2.03 bits per heavy atom. The van der Waals surface area contributed by atoms with Crippen molar-refractivity contribution in [2.45, 2.75) is 52.4 Å². The summed E-state index contributed by atoms with van der Waals surface area (Å²) in [5.74, 6) is 0.797. The summed E-state index contributed by atoms with van der Waals surface area (Å²) in [4.78, 5) is 20.9. The van der Waals surface area contributed by atoms with Gasteiger partial charge in [0.2, 0.25) is 0 Å². The molecule has 5 rings (SSSR count). The van der Waals surface area contributed by atoms with E-state index in [1.807, 2.05) is 10.7 Å². The summed E-state index contributed by atoms with van der Waals surface area (Å²) in [6.07, 6.45) is 2.28. The number of aromatic nitrogens is 5. The van der Waals surface area contributed by atoms with E-state index in [9.17, 15) is 4.79 Å². The number of H-pyrrole nitrogens is 1. The van der Waals surface area contributed by atoms with E-state index in [2.05, 4.69) is 56.3 Å². The molecule has 2 aliphatic rings. The van der Waals surface area contributed by atoms with Crippen LogP contribution < -0.4 is 5.56 Å². The predicted octanol–water partition coefficient (Wildman–Crippen LogP) is 1.64. The molecular weight excluding hydrogens is 446 g/mol. The first-order valence-corrected chi connectivity index (χ1v) is 12.6. The standard InChI is InChI=1S/C25H35N7O3/c1-18-5-6-20-14-21(25(33)26-24(20)19(18)2)15-31(8-7-30-9-12-34-13-10-30)17-23-27-28-29-32(23)16-22-4-3-11-35-22/h5-6,14,22H,3-4,7-13,15-17H2,1-2H3,(H,26,33). The molecule has 0 bridgehead atoms. The fourth-order valence-corrected chi connectivity index (χ4v) is 4.91. The first-order chi connectivity index (χ1) is 17.1. The number of ether oxygens (including phenoxy) is 2. The molecule has 1 aromatic carbocycles. The fraction of sp³-hybridized carbons (Fsp3) is 0.600. The molecule has 1 atom stereocenters. The van der Waals surface area contributed by atoms with Crippen LogP contribution in [0.25, 0.3) is 10.9 Å². The Morgan fingerprint density at radius 1 is 1.17 bits per heavy atom. The number of aromatic amines is 1. The Hall–Kier alpha value is -2.66. The normalized spacial score (nSPS) is 19.2. The van der Waals surface area contributed by atoms with Crippen molar-refractivity contribution in [3.05, 3.63) is 51.1 Å². The lowest BCUT2D eigenvalue weighted by molar-refractivity contribution is 0.0321. The first-order valence-electron chi connectivity index (χ1n) is 12.6. The van der Waals surface area contributed by atoms with Crippen LogP contribution in [0.3, 0.4) is 0 Å². The zero-order valence-corrected chi connectivity index (χ0v) is 20.7. The van der Waals surface area contributed by atoms with E-state index in [1.165, 1.54) is 5.56 Å². The topological polar surface area (TPSA) is 101 Å². The van der Waals surface area contributed by atoms with Crippen LogP contribution >= 0.6 is 0 Å². The van der Waals surface area contributed by atoms with E-state index in [4.69, 9.17) is 9.47 Å². The molecule has 0 radical (unpaired) electrons. The lowest BCUT2D eigenvalue weighted by Gasteiger charge is -2.30. The average Bonchev–Trinajstić information content (AvgIpc) is 3.54. The molecule has 2 aromatic heterocycles. The second-order valence-corrected chi connectivity index (χ2v) is 9.67. The molecule has 0 spiro atoms. The predicted molar refractivity (Wildman–Crippen MR) is 132 cm³/mol. The summed E-state index contributed by atoms with van der Waals surface area (Å²) in [5, 5.41) is 13.5. The highest BCUT2D eigenvalue weighted by molar-refractivity contribution is 5.83. The Bertz CT molecular complexity index is 1200. The summed E-state index contributed by atoms with van der Waals surface area (Å²) in [7, 11) is 0. The van der Waals surface area contributed by atoms with E-state index in [1.54, 1.807) is 0 Å². The summed E-state index contributed by atoms with van der Waals surface area (Å²) >= 11 is 0. The SMILES string of the molecule is Cc1ccc2cc(CN(CCN3CCOCC3)Cc3nnnn3CC3CCCO3)c(=O)[nH]c2c1C.